The molecule has 0 unspecified atom stereocenters. The van der Waals surface area contributed by atoms with E-state index in [0.717, 1.165) is 22.4 Å². The fraction of sp³-hybridized carbons (Fsp3) is 0.143. The number of nitrogens with zero attached hydrogens (tertiary/aromatic N) is 4. The number of carbonyl (C=O) groups is 1. The SMILES string of the molecule is COc1ccc(-c2noc(-c3cn(Cc4ccc(NC(=O)Nc5ccccc5C)cc4)cn3)n2)cc1OC. The van der Waals surface area contributed by atoms with Gasteiger partial charge in [0.25, 0.3) is 5.89 Å². The molecule has 2 amide bonds. The average Bonchev–Trinajstić information content (AvgIpc) is 3.61. The third-order valence-electron chi connectivity index (χ3n) is 5.89. The molecule has 0 aliphatic heterocycles. The van der Waals surface area contributed by atoms with Crippen molar-refractivity contribution in [3.05, 3.63) is 90.4 Å². The van der Waals surface area contributed by atoms with Crippen molar-refractivity contribution in [3.8, 4) is 34.5 Å². The molecule has 0 aliphatic rings. The van der Waals surface area contributed by atoms with Crippen molar-refractivity contribution >= 4 is 17.4 Å². The number of benzene rings is 3. The van der Waals surface area contributed by atoms with Crippen molar-refractivity contribution < 1.29 is 18.8 Å². The molecule has 0 bridgehead atoms. The summed E-state index contributed by atoms with van der Waals surface area (Å²) < 4.78 is 18.0. The molecular weight excluding hydrogens is 484 g/mol. The minimum absolute atomic E-state index is 0.293. The first-order valence-corrected chi connectivity index (χ1v) is 11.8. The Morgan fingerprint density at radius 1 is 0.974 bits per heavy atom. The lowest BCUT2D eigenvalue weighted by Crippen LogP contribution is -2.19. The Labute approximate surface area is 219 Å². The minimum Gasteiger partial charge on any atom is -0.493 e. The number of hydrogen-bond acceptors (Lipinski definition) is 7. The maximum absolute atomic E-state index is 12.3. The highest BCUT2D eigenvalue weighted by molar-refractivity contribution is 6.00. The zero-order valence-electron chi connectivity index (χ0n) is 21.1. The number of methoxy groups -OCH3 is 2. The van der Waals surface area contributed by atoms with Crippen LogP contribution in [0.4, 0.5) is 16.2 Å². The third kappa shape index (κ3) is 5.49. The van der Waals surface area contributed by atoms with Gasteiger partial charge in [0, 0.05) is 29.7 Å². The van der Waals surface area contributed by atoms with Crippen molar-refractivity contribution in [1.29, 1.82) is 0 Å². The summed E-state index contributed by atoms with van der Waals surface area (Å²) in [6.07, 6.45) is 3.55. The summed E-state index contributed by atoms with van der Waals surface area (Å²) in [6, 6.07) is 20.4. The molecular formula is C28H26N6O4. The van der Waals surface area contributed by atoms with Gasteiger partial charge in [0.15, 0.2) is 11.5 Å². The van der Waals surface area contributed by atoms with Crippen LogP contribution in [0.15, 0.2) is 83.8 Å². The Morgan fingerprint density at radius 2 is 1.76 bits per heavy atom. The van der Waals surface area contributed by atoms with E-state index in [1.54, 1.807) is 32.7 Å². The number of aryl methyl sites for hydroxylation is 1. The summed E-state index contributed by atoms with van der Waals surface area (Å²) in [4.78, 5) is 21.2. The molecule has 10 nitrogen and oxygen atoms in total. The molecule has 5 aromatic rings. The van der Waals surface area contributed by atoms with Crippen LogP contribution in [0.5, 0.6) is 11.5 Å². The van der Waals surface area contributed by atoms with Gasteiger partial charge in [-0.2, -0.15) is 4.98 Å². The summed E-state index contributed by atoms with van der Waals surface area (Å²) in [7, 11) is 3.15. The maximum Gasteiger partial charge on any atom is 0.323 e. The molecule has 192 valence electrons. The number of ether oxygens (including phenoxy) is 2. The molecule has 0 aliphatic carbocycles. The third-order valence-corrected chi connectivity index (χ3v) is 5.89. The van der Waals surface area contributed by atoms with Crippen LogP contribution in [0.2, 0.25) is 0 Å². The number of aromatic nitrogens is 4. The van der Waals surface area contributed by atoms with Gasteiger partial charge >= 0.3 is 6.03 Å². The number of rotatable bonds is 8. The first kappa shape index (κ1) is 24.6. The van der Waals surface area contributed by atoms with Crippen molar-refractivity contribution in [1.82, 2.24) is 19.7 Å². The largest absolute Gasteiger partial charge is 0.493 e. The molecule has 0 saturated carbocycles. The van der Waals surface area contributed by atoms with E-state index < -0.39 is 0 Å². The van der Waals surface area contributed by atoms with Gasteiger partial charge in [0.2, 0.25) is 5.82 Å². The van der Waals surface area contributed by atoms with Crippen LogP contribution in [-0.2, 0) is 6.54 Å². The summed E-state index contributed by atoms with van der Waals surface area (Å²) >= 11 is 0. The van der Waals surface area contributed by atoms with Gasteiger partial charge in [-0.1, -0.05) is 35.5 Å². The normalized spacial score (nSPS) is 10.7. The monoisotopic (exact) mass is 510 g/mol. The molecule has 38 heavy (non-hydrogen) atoms. The number of imidazole rings is 1. The van der Waals surface area contributed by atoms with Crippen LogP contribution in [0, 0.1) is 6.92 Å². The summed E-state index contributed by atoms with van der Waals surface area (Å²) in [5.41, 5.74) is 4.80. The van der Waals surface area contributed by atoms with Gasteiger partial charge in [-0.25, -0.2) is 9.78 Å². The van der Waals surface area contributed by atoms with Crippen LogP contribution in [-0.4, -0.2) is 39.9 Å². The van der Waals surface area contributed by atoms with E-state index in [0.29, 0.717) is 41.1 Å². The number of anilines is 2. The fourth-order valence-corrected chi connectivity index (χ4v) is 3.88. The first-order valence-electron chi connectivity index (χ1n) is 11.8. The molecule has 0 fully saturated rings. The molecule has 0 atom stereocenters. The van der Waals surface area contributed by atoms with E-state index in [1.807, 2.05) is 72.3 Å². The second-order valence-corrected chi connectivity index (χ2v) is 8.52. The zero-order chi connectivity index (χ0) is 26.5. The van der Waals surface area contributed by atoms with Gasteiger partial charge in [-0.3, -0.25) is 0 Å². The maximum atomic E-state index is 12.3. The van der Waals surface area contributed by atoms with Crippen LogP contribution in [0.3, 0.4) is 0 Å². The molecule has 3 aromatic carbocycles. The molecule has 0 spiro atoms. The van der Waals surface area contributed by atoms with Gasteiger partial charge in [-0.05, 0) is 54.4 Å². The molecule has 2 N–H and O–H groups in total. The van der Waals surface area contributed by atoms with E-state index in [-0.39, 0.29) is 6.03 Å². The van der Waals surface area contributed by atoms with Crippen LogP contribution in [0.1, 0.15) is 11.1 Å². The smallest absolute Gasteiger partial charge is 0.323 e. The Bertz CT molecular complexity index is 1560. The van der Waals surface area contributed by atoms with E-state index in [1.165, 1.54) is 0 Å². The Hall–Kier alpha value is -5.12. The lowest BCUT2D eigenvalue weighted by atomic mass is 10.2. The second kappa shape index (κ2) is 10.9. The van der Waals surface area contributed by atoms with Crippen molar-refractivity contribution in [2.75, 3.05) is 24.9 Å². The molecule has 0 saturated heterocycles. The summed E-state index contributed by atoms with van der Waals surface area (Å²) in [5, 5.41) is 9.79. The zero-order valence-corrected chi connectivity index (χ0v) is 21.1. The Balaban J connectivity index is 1.21. The van der Waals surface area contributed by atoms with Gasteiger partial charge in [0.05, 0.1) is 20.5 Å². The Kier molecular flexibility index (Phi) is 7.03. The van der Waals surface area contributed by atoms with Crippen molar-refractivity contribution in [2.24, 2.45) is 0 Å². The number of nitrogens with one attached hydrogen (secondary N) is 2. The first-order chi connectivity index (χ1) is 18.5. The predicted octanol–water partition coefficient (Wildman–Crippen LogP) is 5.62. The molecule has 2 heterocycles. The van der Waals surface area contributed by atoms with Crippen molar-refractivity contribution in [3.63, 3.8) is 0 Å². The van der Waals surface area contributed by atoms with E-state index in [9.17, 15) is 4.79 Å². The lowest BCUT2D eigenvalue weighted by Gasteiger charge is -2.10. The van der Waals surface area contributed by atoms with E-state index in [2.05, 4.69) is 25.8 Å². The minimum atomic E-state index is -0.293. The standard InChI is InChI=1S/C28H26N6O4/c1-18-6-4-5-7-22(18)31-28(35)30-21-11-8-19(9-12-21)15-34-16-23(29-17-34)27-32-26(33-38-27)20-10-13-24(36-2)25(14-20)37-3/h4-14,16-17H,15H2,1-3H3,(H2,30,31,35). The highest BCUT2D eigenvalue weighted by Crippen LogP contribution is 2.32. The highest BCUT2D eigenvalue weighted by atomic mass is 16.5. The summed E-state index contributed by atoms with van der Waals surface area (Å²) in [6.45, 7) is 2.53. The van der Waals surface area contributed by atoms with E-state index in [4.69, 9.17) is 14.0 Å². The highest BCUT2D eigenvalue weighted by Gasteiger charge is 2.15. The topological polar surface area (TPSA) is 116 Å². The summed E-state index contributed by atoms with van der Waals surface area (Å²) in [5.74, 6) is 1.93. The Morgan fingerprint density at radius 3 is 2.53 bits per heavy atom. The lowest BCUT2D eigenvalue weighted by molar-refractivity contribution is 0.262. The fourth-order valence-electron chi connectivity index (χ4n) is 3.88. The van der Waals surface area contributed by atoms with Crippen LogP contribution >= 0.6 is 0 Å². The van der Waals surface area contributed by atoms with E-state index >= 15 is 0 Å². The number of amides is 2. The van der Waals surface area contributed by atoms with Gasteiger partial charge in [0.1, 0.15) is 5.69 Å². The molecule has 5 rings (SSSR count). The number of carbonyl (C=O) groups excluding carboxylic acids is 1. The van der Waals surface area contributed by atoms with Crippen LogP contribution < -0.4 is 20.1 Å². The van der Waals surface area contributed by atoms with Crippen LogP contribution in [0.25, 0.3) is 23.0 Å². The number of para-hydroxylation sites is 1. The number of urea groups is 1. The molecule has 0 radical (unpaired) electrons. The predicted molar refractivity (Wildman–Crippen MR) is 143 cm³/mol. The van der Waals surface area contributed by atoms with Gasteiger partial charge in [-0.15, -0.1) is 0 Å². The average molecular weight is 511 g/mol. The van der Waals surface area contributed by atoms with Crippen molar-refractivity contribution in [2.45, 2.75) is 13.5 Å². The molecule has 10 heteroatoms. The molecule has 2 aromatic heterocycles. The van der Waals surface area contributed by atoms with Gasteiger partial charge < -0.3 is 29.2 Å². The second-order valence-electron chi connectivity index (χ2n) is 8.52. The quantitative estimate of drug-likeness (QED) is 0.278. The number of hydrogen-bond donors (Lipinski definition) is 2.